The van der Waals surface area contributed by atoms with E-state index < -0.39 is 30.4 Å². The number of nitrogens with one attached hydrogen (secondary N) is 1. The number of hydrogen-bond acceptors (Lipinski definition) is 8. The Morgan fingerprint density at radius 1 is 1.06 bits per heavy atom. The lowest BCUT2D eigenvalue weighted by Gasteiger charge is -2.17. The highest BCUT2D eigenvalue weighted by molar-refractivity contribution is 6.00. The van der Waals surface area contributed by atoms with Crippen LogP contribution in [0.5, 0.6) is 11.5 Å². The predicted molar refractivity (Wildman–Crippen MR) is 127 cm³/mol. The number of carbonyl (C=O) groups excluding carboxylic acids is 4. The van der Waals surface area contributed by atoms with E-state index in [-0.39, 0.29) is 25.0 Å². The molecule has 1 atom stereocenters. The number of nitrogens with zero attached hydrogens (tertiary/aromatic N) is 1. The second-order valence-corrected chi connectivity index (χ2v) is 8.13. The summed E-state index contributed by atoms with van der Waals surface area (Å²) < 4.78 is 20.6. The highest BCUT2D eigenvalue weighted by Gasteiger charge is 2.36. The summed E-state index contributed by atoms with van der Waals surface area (Å²) in [6.45, 7) is 3.12. The standard InChI is InChI=1S/C25H28N2O8/c1-15(2)35-25(31)16-5-7-18(8-6-16)27-13-17(11-23(27)29)24(30)34-14-22(28)26-20-10-9-19(32-3)12-21(20)33-4/h5-10,12,15,17H,11,13-14H2,1-4H3,(H,26,28)/t17-/m1/s1. The summed E-state index contributed by atoms with van der Waals surface area (Å²) in [6.07, 6.45) is -0.279. The summed E-state index contributed by atoms with van der Waals surface area (Å²) >= 11 is 0. The van der Waals surface area contributed by atoms with Gasteiger partial charge in [-0.15, -0.1) is 0 Å². The van der Waals surface area contributed by atoms with Crippen LogP contribution in [0.4, 0.5) is 11.4 Å². The van der Waals surface area contributed by atoms with Crippen molar-refractivity contribution in [3.05, 3.63) is 48.0 Å². The maximum Gasteiger partial charge on any atom is 0.338 e. The molecule has 1 N–H and O–H groups in total. The molecule has 1 aliphatic rings. The Morgan fingerprint density at radius 3 is 2.40 bits per heavy atom. The molecule has 3 rings (SSSR count). The Balaban J connectivity index is 1.54. The number of methoxy groups -OCH3 is 2. The Kier molecular flexibility index (Phi) is 8.30. The number of carbonyl (C=O) groups is 4. The molecule has 1 heterocycles. The van der Waals surface area contributed by atoms with Gasteiger partial charge in [0.05, 0.1) is 37.5 Å². The second-order valence-electron chi connectivity index (χ2n) is 8.13. The molecule has 0 saturated carbocycles. The average molecular weight is 485 g/mol. The first-order valence-corrected chi connectivity index (χ1v) is 11.0. The molecule has 1 fully saturated rings. The molecule has 2 amide bonds. The minimum atomic E-state index is -0.712. The van der Waals surface area contributed by atoms with Gasteiger partial charge in [-0.2, -0.15) is 0 Å². The summed E-state index contributed by atoms with van der Waals surface area (Å²) in [5, 5.41) is 2.62. The van der Waals surface area contributed by atoms with Crippen molar-refractivity contribution in [2.75, 3.05) is 37.6 Å². The van der Waals surface area contributed by atoms with Gasteiger partial charge in [0.15, 0.2) is 6.61 Å². The molecule has 2 aromatic rings. The van der Waals surface area contributed by atoms with Gasteiger partial charge in [0.2, 0.25) is 5.91 Å². The number of anilines is 2. The van der Waals surface area contributed by atoms with Gasteiger partial charge in [-0.05, 0) is 50.2 Å². The molecule has 1 saturated heterocycles. The van der Waals surface area contributed by atoms with Crippen LogP contribution in [0.2, 0.25) is 0 Å². The topological polar surface area (TPSA) is 120 Å². The summed E-state index contributed by atoms with van der Waals surface area (Å²) in [6, 6.07) is 11.3. The van der Waals surface area contributed by atoms with Crippen LogP contribution >= 0.6 is 0 Å². The van der Waals surface area contributed by atoms with E-state index in [0.717, 1.165) is 0 Å². The van der Waals surface area contributed by atoms with E-state index in [9.17, 15) is 19.2 Å². The molecule has 2 aromatic carbocycles. The van der Waals surface area contributed by atoms with Gasteiger partial charge in [0.25, 0.3) is 5.91 Å². The first kappa shape index (κ1) is 25.5. The van der Waals surface area contributed by atoms with Gasteiger partial charge < -0.3 is 29.2 Å². The molecule has 0 radical (unpaired) electrons. The number of amides is 2. The highest BCUT2D eigenvalue weighted by atomic mass is 16.5. The lowest BCUT2D eigenvalue weighted by molar-refractivity contribution is -0.151. The van der Waals surface area contributed by atoms with E-state index in [0.29, 0.717) is 28.4 Å². The number of hydrogen-bond donors (Lipinski definition) is 1. The van der Waals surface area contributed by atoms with Crippen LogP contribution in [-0.2, 0) is 23.9 Å². The molecule has 35 heavy (non-hydrogen) atoms. The largest absolute Gasteiger partial charge is 0.497 e. The van der Waals surface area contributed by atoms with Crippen LogP contribution in [0.1, 0.15) is 30.6 Å². The molecule has 10 nitrogen and oxygen atoms in total. The second kappa shape index (κ2) is 11.4. The Bertz CT molecular complexity index is 1100. The Hall–Kier alpha value is -4.08. The van der Waals surface area contributed by atoms with E-state index >= 15 is 0 Å². The van der Waals surface area contributed by atoms with E-state index in [1.54, 1.807) is 56.3 Å². The minimum absolute atomic E-state index is 0.0378. The molecule has 0 bridgehead atoms. The smallest absolute Gasteiger partial charge is 0.338 e. The number of rotatable bonds is 9. The van der Waals surface area contributed by atoms with Crippen molar-refractivity contribution in [2.45, 2.75) is 26.4 Å². The molecular weight excluding hydrogens is 456 g/mol. The molecule has 0 aromatic heterocycles. The zero-order valence-electron chi connectivity index (χ0n) is 20.0. The van der Waals surface area contributed by atoms with Gasteiger partial charge >= 0.3 is 11.9 Å². The van der Waals surface area contributed by atoms with E-state index in [4.69, 9.17) is 18.9 Å². The van der Waals surface area contributed by atoms with Gasteiger partial charge in [0, 0.05) is 24.7 Å². The van der Waals surface area contributed by atoms with Crippen molar-refractivity contribution in [1.82, 2.24) is 0 Å². The zero-order valence-corrected chi connectivity index (χ0v) is 20.0. The van der Waals surface area contributed by atoms with Crippen molar-refractivity contribution >= 4 is 35.1 Å². The van der Waals surface area contributed by atoms with Gasteiger partial charge in [-0.25, -0.2) is 4.79 Å². The van der Waals surface area contributed by atoms with Crippen molar-refractivity contribution in [3.63, 3.8) is 0 Å². The highest BCUT2D eigenvalue weighted by Crippen LogP contribution is 2.29. The molecular formula is C25H28N2O8. The van der Waals surface area contributed by atoms with Crippen LogP contribution in [-0.4, -0.2) is 57.2 Å². The summed E-state index contributed by atoms with van der Waals surface area (Å²) in [7, 11) is 2.97. The predicted octanol–water partition coefficient (Wildman–Crippen LogP) is 2.80. The van der Waals surface area contributed by atoms with Crippen molar-refractivity contribution in [1.29, 1.82) is 0 Å². The molecule has 10 heteroatoms. The lowest BCUT2D eigenvalue weighted by Crippen LogP contribution is -2.28. The normalized spacial score (nSPS) is 15.1. The van der Waals surface area contributed by atoms with Crippen LogP contribution in [0.3, 0.4) is 0 Å². The summed E-state index contributed by atoms with van der Waals surface area (Å²) in [4.78, 5) is 50.7. The van der Waals surface area contributed by atoms with Gasteiger partial charge in [0.1, 0.15) is 11.5 Å². The Morgan fingerprint density at radius 2 is 1.77 bits per heavy atom. The fraction of sp³-hybridized carbons (Fsp3) is 0.360. The van der Waals surface area contributed by atoms with Crippen LogP contribution in [0.15, 0.2) is 42.5 Å². The number of benzene rings is 2. The maximum absolute atomic E-state index is 12.5. The number of esters is 2. The Labute approximate surface area is 203 Å². The monoisotopic (exact) mass is 484 g/mol. The third-order valence-corrected chi connectivity index (χ3v) is 5.24. The quantitative estimate of drug-likeness (QED) is 0.540. The van der Waals surface area contributed by atoms with E-state index in [1.165, 1.54) is 19.1 Å². The molecule has 0 spiro atoms. The van der Waals surface area contributed by atoms with Crippen LogP contribution < -0.4 is 19.7 Å². The van der Waals surface area contributed by atoms with Gasteiger partial charge in [-0.1, -0.05) is 0 Å². The van der Waals surface area contributed by atoms with E-state index in [2.05, 4.69) is 5.32 Å². The fourth-order valence-electron chi connectivity index (χ4n) is 3.52. The first-order chi connectivity index (χ1) is 16.7. The van der Waals surface area contributed by atoms with Crippen molar-refractivity contribution < 1.29 is 38.1 Å². The minimum Gasteiger partial charge on any atom is -0.497 e. The third-order valence-electron chi connectivity index (χ3n) is 5.24. The van der Waals surface area contributed by atoms with E-state index in [1.807, 2.05) is 0 Å². The summed E-state index contributed by atoms with van der Waals surface area (Å²) in [5.41, 5.74) is 1.32. The van der Waals surface area contributed by atoms with Gasteiger partial charge in [-0.3, -0.25) is 14.4 Å². The molecule has 1 aliphatic heterocycles. The SMILES string of the molecule is COc1ccc(NC(=O)COC(=O)[C@@H]2CC(=O)N(c3ccc(C(=O)OC(C)C)cc3)C2)c(OC)c1. The first-order valence-electron chi connectivity index (χ1n) is 11.0. The van der Waals surface area contributed by atoms with Crippen molar-refractivity contribution in [2.24, 2.45) is 5.92 Å². The lowest BCUT2D eigenvalue weighted by atomic mass is 10.1. The number of ether oxygens (including phenoxy) is 4. The molecule has 186 valence electrons. The summed E-state index contributed by atoms with van der Waals surface area (Å²) in [5.74, 6) is -1.65. The average Bonchev–Trinajstić information content (AvgIpc) is 3.24. The zero-order chi connectivity index (χ0) is 25.5. The molecule has 0 unspecified atom stereocenters. The van der Waals surface area contributed by atoms with Crippen molar-refractivity contribution in [3.8, 4) is 11.5 Å². The van der Waals surface area contributed by atoms with Crippen LogP contribution in [0, 0.1) is 5.92 Å². The molecule has 0 aliphatic carbocycles. The third kappa shape index (κ3) is 6.50. The maximum atomic E-state index is 12.5. The fourth-order valence-corrected chi connectivity index (χ4v) is 3.52. The van der Waals surface area contributed by atoms with Crippen LogP contribution in [0.25, 0.3) is 0 Å².